The van der Waals surface area contributed by atoms with Gasteiger partial charge in [0.25, 0.3) is 10.0 Å². The van der Waals surface area contributed by atoms with E-state index in [1.807, 2.05) is 0 Å². The van der Waals surface area contributed by atoms with Gasteiger partial charge < -0.3 is 15.7 Å². The molecule has 1 aromatic rings. The van der Waals surface area contributed by atoms with E-state index in [9.17, 15) is 8.42 Å². The van der Waals surface area contributed by atoms with E-state index in [2.05, 4.69) is 10.3 Å². The Morgan fingerprint density at radius 3 is 3.00 bits per heavy atom. The van der Waals surface area contributed by atoms with E-state index in [0.29, 0.717) is 0 Å². The molecule has 1 unspecified atom stereocenters. The minimum Gasteiger partial charge on any atom is -0.409 e. The maximum absolute atomic E-state index is 12.4. The molecule has 0 spiro atoms. The van der Waals surface area contributed by atoms with Gasteiger partial charge in [-0.05, 0) is 6.07 Å². The molecule has 2 rings (SSSR count). The van der Waals surface area contributed by atoms with E-state index < -0.39 is 16.1 Å². The summed E-state index contributed by atoms with van der Waals surface area (Å²) in [6.45, 7) is 0.393. The Hall–Kier alpha value is -1.65. The first-order valence-corrected chi connectivity index (χ1v) is 6.98. The summed E-state index contributed by atoms with van der Waals surface area (Å²) >= 11 is 0. The summed E-state index contributed by atoms with van der Waals surface area (Å²) in [5.74, 6) is -0.148. The van der Waals surface area contributed by atoms with Crippen molar-refractivity contribution < 1.29 is 18.4 Å². The van der Waals surface area contributed by atoms with Crippen LogP contribution >= 0.6 is 0 Å². The summed E-state index contributed by atoms with van der Waals surface area (Å²) in [6.07, 6.45) is 0.663. The highest BCUT2D eigenvalue weighted by molar-refractivity contribution is 7.89. The molecule has 3 N–H and O–H groups in total. The number of oxime groups is 1. The molecule has 0 aromatic carbocycles. The van der Waals surface area contributed by atoms with Crippen LogP contribution in [0.5, 0.6) is 0 Å². The van der Waals surface area contributed by atoms with E-state index in [-0.39, 0.29) is 30.6 Å². The normalized spacial score (nSPS) is 22.6. The van der Waals surface area contributed by atoms with E-state index in [4.69, 9.17) is 15.7 Å². The van der Waals surface area contributed by atoms with Gasteiger partial charge in [-0.1, -0.05) is 5.16 Å². The second kappa shape index (κ2) is 5.15. The van der Waals surface area contributed by atoms with Gasteiger partial charge >= 0.3 is 0 Å². The number of aromatic nitrogens is 2. The van der Waals surface area contributed by atoms with Crippen LogP contribution in [0.25, 0.3) is 0 Å². The number of rotatable bonds is 3. The number of ether oxygens (including phenoxy) is 1. The van der Waals surface area contributed by atoms with Crippen LogP contribution in [-0.4, -0.2) is 59.3 Å². The molecule has 1 fully saturated rings. The summed E-state index contributed by atoms with van der Waals surface area (Å²) < 4.78 is 32.6. The van der Waals surface area contributed by atoms with Gasteiger partial charge in [0.1, 0.15) is 6.10 Å². The van der Waals surface area contributed by atoms with Crippen molar-refractivity contribution in [2.75, 3.05) is 19.7 Å². The maximum atomic E-state index is 12.4. The highest BCUT2D eigenvalue weighted by Crippen LogP contribution is 2.17. The van der Waals surface area contributed by atoms with Crippen LogP contribution in [0.15, 0.2) is 22.4 Å². The Morgan fingerprint density at radius 2 is 2.42 bits per heavy atom. The zero-order valence-electron chi connectivity index (χ0n) is 10.3. The van der Waals surface area contributed by atoms with Crippen molar-refractivity contribution >= 4 is 15.9 Å². The third-order valence-corrected chi connectivity index (χ3v) is 4.80. The number of amidine groups is 1. The number of nitrogens with two attached hydrogens (primary N) is 1. The van der Waals surface area contributed by atoms with Gasteiger partial charge in [-0.25, -0.2) is 8.42 Å². The molecule has 1 aliphatic rings. The third-order valence-electron chi connectivity index (χ3n) is 2.85. The standard InChI is InChI=1S/C9H15N5O4S/c1-13-8(2-3-11-13)19(16,17)14-4-5-18-7(6-14)9(10)12-15/h2-3,7,15H,4-6H2,1H3,(H2,10,12). The predicted octanol–water partition coefficient (Wildman–Crippen LogP) is -1.44. The molecule has 1 saturated heterocycles. The second-order valence-corrected chi connectivity index (χ2v) is 5.93. The Morgan fingerprint density at radius 1 is 1.68 bits per heavy atom. The van der Waals surface area contributed by atoms with Crippen molar-refractivity contribution in [2.24, 2.45) is 17.9 Å². The zero-order chi connectivity index (χ0) is 14.0. The molecule has 2 heterocycles. The monoisotopic (exact) mass is 289 g/mol. The molecule has 1 aromatic heterocycles. The zero-order valence-corrected chi connectivity index (χ0v) is 11.1. The molecule has 0 bridgehead atoms. The lowest BCUT2D eigenvalue weighted by molar-refractivity contribution is 0.0353. The van der Waals surface area contributed by atoms with Gasteiger partial charge in [0, 0.05) is 20.1 Å². The van der Waals surface area contributed by atoms with Gasteiger partial charge in [0.15, 0.2) is 10.9 Å². The number of nitrogens with zero attached hydrogens (tertiary/aromatic N) is 4. The number of hydrogen-bond donors (Lipinski definition) is 2. The predicted molar refractivity (Wildman–Crippen MR) is 65.1 cm³/mol. The minimum absolute atomic E-state index is 0.00338. The molecule has 1 atom stereocenters. The lowest BCUT2D eigenvalue weighted by atomic mass is 10.3. The first-order chi connectivity index (χ1) is 8.96. The Balaban J connectivity index is 2.25. The molecule has 0 radical (unpaired) electrons. The smallest absolute Gasteiger partial charge is 0.260 e. The summed E-state index contributed by atoms with van der Waals surface area (Å²) in [4.78, 5) is 0. The number of sulfonamides is 1. The summed E-state index contributed by atoms with van der Waals surface area (Å²) in [7, 11) is -2.11. The molecular weight excluding hydrogens is 274 g/mol. The van der Waals surface area contributed by atoms with E-state index >= 15 is 0 Å². The van der Waals surface area contributed by atoms with Gasteiger partial charge in [-0.15, -0.1) is 0 Å². The number of aryl methyl sites for hydroxylation is 1. The molecule has 1 aliphatic heterocycles. The average molecular weight is 289 g/mol. The molecule has 106 valence electrons. The van der Waals surface area contributed by atoms with Gasteiger partial charge in [0.2, 0.25) is 0 Å². The van der Waals surface area contributed by atoms with Crippen LogP contribution in [-0.2, 0) is 21.8 Å². The van der Waals surface area contributed by atoms with Crippen molar-refractivity contribution in [1.29, 1.82) is 0 Å². The Bertz CT molecular complexity index is 581. The van der Waals surface area contributed by atoms with E-state index in [0.717, 1.165) is 0 Å². The van der Waals surface area contributed by atoms with Crippen LogP contribution in [0.4, 0.5) is 0 Å². The van der Waals surface area contributed by atoms with Crippen molar-refractivity contribution in [3.63, 3.8) is 0 Å². The lowest BCUT2D eigenvalue weighted by Crippen LogP contribution is -2.50. The summed E-state index contributed by atoms with van der Waals surface area (Å²) in [6, 6.07) is 1.42. The van der Waals surface area contributed by atoms with Gasteiger partial charge in [0.05, 0.1) is 12.8 Å². The molecule has 0 aliphatic carbocycles. The maximum Gasteiger partial charge on any atom is 0.260 e. The topological polar surface area (TPSA) is 123 Å². The highest BCUT2D eigenvalue weighted by Gasteiger charge is 2.34. The summed E-state index contributed by atoms with van der Waals surface area (Å²) in [5.41, 5.74) is 5.44. The van der Waals surface area contributed by atoms with Crippen molar-refractivity contribution in [2.45, 2.75) is 11.1 Å². The second-order valence-electron chi connectivity index (χ2n) is 4.04. The molecule has 9 nitrogen and oxygen atoms in total. The fourth-order valence-corrected chi connectivity index (χ4v) is 3.36. The Labute approximate surface area is 110 Å². The quantitative estimate of drug-likeness (QED) is 0.304. The van der Waals surface area contributed by atoms with Crippen LogP contribution in [0, 0.1) is 0 Å². The number of hydrogen-bond acceptors (Lipinski definition) is 6. The molecule has 19 heavy (non-hydrogen) atoms. The van der Waals surface area contributed by atoms with Crippen molar-refractivity contribution in [3.05, 3.63) is 12.3 Å². The first kappa shape index (κ1) is 13.8. The van der Waals surface area contributed by atoms with Crippen molar-refractivity contribution in [1.82, 2.24) is 14.1 Å². The van der Waals surface area contributed by atoms with E-state index in [1.165, 1.54) is 21.3 Å². The molecular formula is C9H15N5O4S. The highest BCUT2D eigenvalue weighted by atomic mass is 32.2. The summed E-state index contributed by atoms with van der Waals surface area (Å²) in [5, 5.41) is 15.4. The fourth-order valence-electron chi connectivity index (χ4n) is 1.83. The average Bonchev–Trinajstić information content (AvgIpc) is 2.85. The third kappa shape index (κ3) is 2.55. The number of morpholine rings is 1. The molecule has 0 amide bonds. The molecule has 0 saturated carbocycles. The van der Waals surface area contributed by atoms with Crippen LogP contribution in [0.2, 0.25) is 0 Å². The first-order valence-electron chi connectivity index (χ1n) is 5.54. The lowest BCUT2D eigenvalue weighted by Gasteiger charge is -2.31. The SMILES string of the molecule is Cn1nccc1S(=O)(=O)N1CCOC(/C(N)=N/O)C1. The van der Waals surface area contributed by atoms with Crippen LogP contribution in [0.1, 0.15) is 0 Å². The molecule has 10 heteroatoms. The largest absolute Gasteiger partial charge is 0.409 e. The Kier molecular flexibility index (Phi) is 3.73. The fraction of sp³-hybridized carbons (Fsp3) is 0.556. The van der Waals surface area contributed by atoms with Crippen LogP contribution in [0.3, 0.4) is 0 Å². The minimum atomic E-state index is -3.66. The van der Waals surface area contributed by atoms with Crippen LogP contribution < -0.4 is 5.73 Å². The van der Waals surface area contributed by atoms with Crippen molar-refractivity contribution in [3.8, 4) is 0 Å². The van der Waals surface area contributed by atoms with Gasteiger partial charge in [-0.3, -0.25) is 4.68 Å². The van der Waals surface area contributed by atoms with E-state index in [1.54, 1.807) is 7.05 Å². The van der Waals surface area contributed by atoms with Gasteiger partial charge in [-0.2, -0.15) is 9.40 Å².